The number of anilines is 1. The van der Waals surface area contributed by atoms with Gasteiger partial charge in [0.05, 0.1) is 11.8 Å². The van der Waals surface area contributed by atoms with Crippen molar-refractivity contribution >= 4 is 17.6 Å². The zero-order valence-electron chi connectivity index (χ0n) is 12.3. The summed E-state index contributed by atoms with van der Waals surface area (Å²) in [6, 6.07) is 7.95. The van der Waals surface area contributed by atoms with Crippen molar-refractivity contribution in [3.05, 3.63) is 29.8 Å². The Hall–Kier alpha value is -2.04. The van der Waals surface area contributed by atoms with Crippen LogP contribution in [0.25, 0.3) is 0 Å². The molecule has 1 heterocycles. The number of benzene rings is 1. The molecule has 2 atom stereocenters. The highest BCUT2D eigenvalue weighted by Gasteiger charge is 2.25. The molecule has 3 N–H and O–H groups in total. The lowest BCUT2D eigenvalue weighted by atomic mass is 9.93. The second-order valence-electron chi connectivity index (χ2n) is 5.51. The molecular formula is C16H22N2O3. The van der Waals surface area contributed by atoms with E-state index in [1.54, 1.807) is 0 Å². The Morgan fingerprint density at radius 2 is 2.19 bits per heavy atom. The average molecular weight is 290 g/mol. The average Bonchev–Trinajstić information content (AvgIpc) is 2.50. The third-order valence-electron chi connectivity index (χ3n) is 3.90. The van der Waals surface area contributed by atoms with E-state index in [1.807, 2.05) is 31.2 Å². The van der Waals surface area contributed by atoms with Crippen molar-refractivity contribution in [1.82, 2.24) is 5.32 Å². The van der Waals surface area contributed by atoms with E-state index in [4.69, 9.17) is 5.11 Å². The maximum absolute atomic E-state index is 12.2. The quantitative estimate of drug-likeness (QED) is 0.747. The second-order valence-corrected chi connectivity index (χ2v) is 5.51. The molecule has 0 bridgehead atoms. The van der Waals surface area contributed by atoms with Crippen LogP contribution in [0.2, 0.25) is 0 Å². The maximum atomic E-state index is 12.2. The van der Waals surface area contributed by atoms with Crippen molar-refractivity contribution in [2.75, 3.05) is 18.4 Å². The zero-order chi connectivity index (χ0) is 15.2. The molecule has 2 unspecified atom stereocenters. The van der Waals surface area contributed by atoms with Gasteiger partial charge in [-0.25, -0.2) is 0 Å². The molecule has 0 fully saturated rings. The van der Waals surface area contributed by atoms with Crippen molar-refractivity contribution in [3.8, 4) is 0 Å². The van der Waals surface area contributed by atoms with Gasteiger partial charge >= 0.3 is 5.97 Å². The number of hydrogen-bond acceptors (Lipinski definition) is 3. The van der Waals surface area contributed by atoms with Gasteiger partial charge in [-0.3, -0.25) is 9.59 Å². The van der Waals surface area contributed by atoms with Gasteiger partial charge < -0.3 is 15.7 Å². The number of rotatable bonds is 6. The summed E-state index contributed by atoms with van der Waals surface area (Å²) in [5.74, 6) is -1.55. The van der Waals surface area contributed by atoms with Crippen molar-refractivity contribution in [1.29, 1.82) is 0 Å². The predicted octanol–water partition coefficient (Wildman–Crippen LogP) is 1.89. The fourth-order valence-corrected chi connectivity index (χ4v) is 2.66. The normalized spacial score (nSPS) is 18.2. The van der Waals surface area contributed by atoms with Gasteiger partial charge in [0.1, 0.15) is 0 Å². The lowest BCUT2D eigenvalue weighted by molar-refractivity contribution is -0.142. The van der Waals surface area contributed by atoms with Crippen LogP contribution in [0.4, 0.5) is 5.69 Å². The Balaban J connectivity index is 1.89. The first-order valence-electron chi connectivity index (χ1n) is 7.44. The van der Waals surface area contributed by atoms with E-state index in [-0.39, 0.29) is 18.4 Å². The highest BCUT2D eigenvalue weighted by atomic mass is 16.4. The van der Waals surface area contributed by atoms with Crippen LogP contribution in [-0.2, 0) is 16.0 Å². The molecule has 0 saturated carbocycles. The van der Waals surface area contributed by atoms with E-state index in [2.05, 4.69) is 10.6 Å². The van der Waals surface area contributed by atoms with Crippen LogP contribution in [0, 0.1) is 11.8 Å². The molecule has 0 saturated heterocycles. The van der Waals surface area contributed by atoms with Crippen LogP contribution in [-0.4, -0.2) is 30.1 Å². The van der Waals surface area contributed by atoms with Crippen LogP contribution in [0.1, 0.15) is 25.3 Å². The Morgan fingerprint density at radius 1 is 1.43 bits per heavy atom. The number of carbonyl (C=O) groups excluding carboxylic acids is 1. The first kappa shape index (κ1) is 15.4. The summed E-state index contributed by atoms with van der Waals surface area (Å²) in [7, 11) is 0. The lowest BCUT2D eigenvalue weighted by Crippen LogP contribution is -2.41. The summed E-state index contributed by atoms with van der Waals surface area (Å²) in [5, 5.41) is 15.1. The molecule has 0 radical (unpaired) electrons. The fraction of sp³-hybridized carbons (Fsp3) is 0.500. The van der Waals surface area contributed by atoms with Gasteiger partial charge in [0, 0.05) is 18.8 Å². The number of aliphatic carboxylic acids is 1. The van der Waals surface area contributed by atoms with Gasteiger partial charge in [-0.2, -0.15) is 0 Å². The van der Waals surface area contributed by atoms with Crippen molar-refractivity contribution in [2.45, 2.75) is 26.2 Å². The molecule has 1 amide bonds. The van der Waals surface area contributed by atoms with Crippen LogP contribution >= 0.6 is 0 Å². The standard InChI is InChI=1S/C16H22N2O3/c1-2-5-12(16(20)21)9-18-15(19)13-8-11-6-3-4-7-14(11)17-10-13/h3-4,6-7,12-13,17H,2,5,8-10H2,1H3,(H,18,19)(H,20,21). The third kappa shape index (κ3) is 3.97. The molecule has 5 nitrogen and oxygen atoms in total. The van der Waals surface area contributed by atoms with E-state index in [9.17, 15) is 9.59 Å². The number of carboxylic acid groups (broad SMARTS) is 1. The van der Waals surface area contributed by atoms with E-state index in [0.29, 0.717) is 19.4 Å². The Kier molecular flexibility index (Phi) is 5.20. The molecule has 0 aromatic heterocycles. The largest absolute Gasteiger partial charge is 0.481 e. The van der Waals surface area contributed by atoms with Crippen LogP contribution < -0.4 is 10.6 Å². The molecule has 0 aliphatic carbocycles. The molecule has 1 aliphatic rings. The summed E-state index contributed by atoms with van der Waals surface area (Å²) < 4.78 is 0. The Bertz CT molecular complexity index is 516. The number of amides is 1. The summed E-state index contributed by atoms with van der Waals surface area (Å²) in [4.78, 5) is 23.3. The minimum atomic E-state index is -0.843. The number of hydrogen-bond donors (Lipinski definition) is 3. The maximum Gasteiger partial charge on any atom is 0.308 e. The number of para-hydroxylation sites is 1. The van der Waals surface area contributed by atoms with Crippen molar-refractivity contribution in [2.24, 2.45) is 11.8 Å². The molecule has 1 aromatic carbocycles. The van der Waals surface area contributed by atoms with Gasteiger partial charge in [0.2, 0.25) is 5.91 Å². The van der Waals surface area contributed by atoms with E-state index in [0.717, 1.165) is 17.7 Å². The highest BCUT2D eigenvalue weighted by Crippen LogP contribution is 2.24. The van der Waals surface area contributed by atoms with Crippen molar-refractivity contribution in [3.63, 3.8) is 0 Å². The van der Waals surface area contributed by atoms with Crippen LogP contribution in [0.3, 0.4) is 0 Å². The van der Waals surface area contributed by atoms with Gasteiger partial charge in [0.25, 0.3) is 0 Å². The Morgan fingerprint density at radius 3 is 2.90 bits per heavy atom. The molecular weight excluding hydrogens is 268 g/mol. The minimum Gasteiger partial charge on any atom is -0.481 e. The molecule has 0 spiro atoms. The monoisotopic (exact) mass is 290 g/mol. The summed E-state index contributed by atoms with van der Waals surface area (Å²) in [6.07, 6.45) is 2.08. The highest BCUT2D eigenvalue weighted by molar-refractivity contribution is 5.81. The van der Waals surface area contributed by atoms with Gasteiger partial charge in [-0.05, 0) is 24.5 Å². The van der Waals surface area contributed by atoms with Gasteiger partial charge in [-0.1, -0.05) is 31.5 Å². The van der Waals surface area contributed by atoms with Crippen LogP contribution in [0.15, 0.2) is 24.3 Å². The molecule has 1 aromatic rings. The number of fused-ring (bicyclic) bond motifs is 1. The van der Waals surface area contributed by atoms with E-state index >= 15 is 0 Å². The molecule has 2 rings (SSSR count). The molecule has 1 aliphatic heterocycles. The Labute approximate surface area is 124 Å². The fourth-order valence-electron chi connectivity index (χ4n) is 2.66. The molecule has 114 valence electrons. The summed E-state index contributed by atoms with van der Waals surface area (Å²) in [5.41, 5.74) is 2.21. The van der Waals surface area contributed by atoms with Gasteiger partial charge in [-0.15, -0.1) is 0 Å². The smallest absolute Gasteiger partial charge is 0.308 e. The lowest BCUT2D eigenvalue weighted by Gasteiger charge is -2.25. The van der Waals surface area contributed by atoms with E-state index in [1.165, 1.54) is 0 Å². The summed E-state index contributed by atoms with van der Waals surface area (Å²) in [6.45, 7) is 2.74. The third-order valence-corrected chi connectivity index (χ3v) is 3.90. The predicted molar refractivity (Wildman–Crippen MR) is 81.2 cm³/mol. The van der Waals surface area contributed by atoms with E-state index < -0.39 is 11.9 Å². The zero-order valence-corrected chi connectivity index (χ0v) is 12.3. The van der Waals surface area contributed by atoms with Gasteiger partial charge in [0.15, 0.2) is 0 Å². The number of carboxylic acids is 1. The SMILES string of the molecule is CCCC(CNC(=O)C1CNc2ccccc2C1)C(=O)O. The minimum absolute atomic E-state index is 0.0700. The van der Waals surface area contributed by atoms with Crippen molar-refractivity contribution < 1.29 is 14.7 Å². The molecule has 5 heteroatoms. The first-order chi connectivity index (χ1) is 10.1. The topological polar surface area (TPSA) is 78.4 Å². The molecule has 21 heavy (non-hydrogen) atoms. The summed E-state index contributed by atoms with van der Waals surface area (Å²) >= 11 is 0. The van der Waals surface area contributed by atoms with Crippen LogP contribution in [0.5, 0.6) is 0 Å². The first-order valence-corrected chi connectivity index (χ1v) is 7.44. The second kappa shape index (κ2) is 7.11. The number of nitrogens with one attached hydrogen (secondary N) is 2. The number of carbonyl (C=O) groups is 2.